The first-order valence-corrected chi connectivity index (χ1v) is 10.1. The van der Waals surface area contributed by atoms with E-state index in [4.69, 9.17) is 4.74 Å². The zero-order valence-corrected chi connectivity index (χ0v) is 15.8. The van der Waals surface area contributed by atoms with Gasteiger partial charge in [-0.1, -0.05) is 19.3 Å². The number of hydrogen-bond donors (Lipinski definition) is 1. The summed E-state index contributed by atoms with van der Waals surface area (Å²) >= 11 is 1.28. The maximum Gasteiger partial charge on any atom is 0.311 e. The molecule has 1 saturated carbocycles. The average Bonchev–Trinajstić information content (AvgIpc) is 3.22. The van der Waals surface area contributed by atoms with Crippen molar-refractivity contribution < 1.29 is 19.1 Å². The van der Waals surface area contributed by atoms with Crippen LogP contribution in [0.15, 0.2) is 5.38 Å². The van der Waals surface area contributed by atoms with Gasteiger partial charge in [-0.15, -0.1) is 11.3 Å². The number of esters is 1. The van der Waals surface area contributed by atoms with E-state index in [9.17, 15) is 14.4 Å². The Morgan fingerprint density at radius 3 is 2.85 bits per heavy atom. The lowest BCUT2D eigenvalue weighted by atomic mass is 9.94. The number of ether oxygens (including phenoxy) is 1. The summed E-state index contributed by atoms with van der Waals surface area (Å²) in [6.07, 6.45) is 6.01. The van der Waals surface area contributed by atoms with E-state index >= 15 is 0 Å². The molecule has 1 atom stereocenters. The second-order valence-corrected chi connectivity index (χ2v) is 7.71. The highest BCUT2D eigenvalue weighted by atomic mass is 32.1. The van der Waals surface area contributed by atoms with Crippen LogP contribution in [0.2, 0.25) is 0 Å². The van der Waals surface area contributed by atoms with Crippen LogP contribution >= 0.6 is 11.3 Å². The number of aromatic nitrogens is 1. The first-order chi connectivity index (χ1) is 12.6. The molecule has 0 aromatic carbocycles. The molecule has 142 valence electrons. The van der Waals surface area contributed by atoms with Gasteiger partial charge in [0.1, 0.15) is 0 Å². The third kappa shape index (κ3) is 4.60. The number of hydrogen-bond acceptors (Lipinski definition) is 6. The minimum absolute atomic E-state index is 0.0826. The van der Waals surface area contributed by atoms with E-state index in [1.54, 1.807) is 12.3 Å². The fourth-order valence-corrected chi connectivity index (χ4v) is 4.38. The molecule has 1 saturated heterocycles. The summed E-state index contributed by atoms with van der Waals surface area (Å²) in [4.78, 5) is 42.5. The molecule has 0 radical (unpaired) electrons. The summed E-state index contributed by atoms with van der Waals surface area (Å²) in [7, 11) is 0. The summed E-state index contributed by atoms with van der Waals surface area (Å²) in [5, 5.41) is 4.98. The number of thiazole rings is 1. The topological polar surface area (TPSA) is 88.6 Å². The number of nitrogens with one attached hydrogen (secondary N) is 1. The van der Waals surface area contributed by atoms with E-state index in [1.807, 2.05) is 4.90 Å². The van der Waals surface area contributed by atoms with E-state index < -0.39 is 0 Å². The predicted molar refractivity (Wildman–Crippen MR) is 97.8 cm³/mol. The largest absolute Gasteiger partial charge is 0.466 e. The number of anilines is 1. The van der Waals surface area contributed by atoms with Crippen LogP contribution in [0.25, 0.3) is 0 Å². The Balaban J connectivity index is 1.53. The van der Waals surface area contributed by atoms with Crippen LogP contribution in [0.5, 0.6) is 0 Å². The Kier molecular flexibility index (Phi) is 6.24. The highest BCUT2D eigenvalue weighted by molar-refractivity contribution is 7.13. The van der Waals surface area contributed by atoms with E-state index in [0.717, 1.165) is 25.7 Å². The molecule has 2 heterocycles. The van der Waals surface area contributed by atoms with Crippen molar-refractivity contribution in [3.8, 4) is 0 Å². The molecule has 0 bridgehead atoms. The molecule has 2 amide bonds. The number of nitrogens with zero attached hydrogens (tertiary/aromatic N) is 2. The van der Waals surface area contributed by atoms with Crippen molar-refractivity contribution in [1.82, 2.24) is 9.88 Å². The summed E-state index contributed by atoms with van der Waals surface area (Å²) < 4.78 is 4.89. The van der Waals surface area contributed by atoms with Gasteiger partial charge in [-0.2, -0.15) is 0 Å². The lowest BCUT2D eigenvalue weighted by Gasteiger charge is -2.31. The molecule has 1 aromatic heterocycles. The zero-order chi connectivity index (χ0) is 18.5. The van der Waals surface area contributed by atoms with E-state index in [2.05, 4.69) is 10.3 Å². The van der Waals surface area contributed by atoms with E-state index in [0.29, 0.717) is 30.0 Å². The lowest BCUT2D eigenvalue weighted by Crippen LogP contribution is -2.38. The van der Waals surface area contributed by atoms with Crippen LogP contribution in [0, 0.1) is 5.92 Å². The summed E-state index contributed by atoms with van der Waals surface area (Å²) in [6.45, 7) is 2.58. The maximum atomic E-state index is 12.5. The number of carbonyl (C=O) groups is 3. The highest BCUT2D eigenvalue weighted by Gasteiger charge is 2.38. The van der Waals surface area contributed by atoms with Crippen LogP contribution in [-0.2, 0) is 25.5 Å². The van der Waals surface area contributed by atoms with Crippen LogP contribution in [0.1, 0.15) is 51.1 Å². The molecule has 26 heavy (non-hydrogen) atoms. The molecular formula is C18H25N3O4S. The van der Waals surface area contributed by atoms with Gasteiger partial charge in [0.2, 0.25) is 11.8 Å². The van der Waals surface area contributed by atoms with Gasteiger partial charge in [0, 0.05) is 24.4 Å². The Bertz CT molecular complexity index is 669. The molecule has 0 spiro atoms. The van der Waals surface area contributed by atoms with Crippen molar-refractivity contribution in [1.29, 1.82) is 0 Å². The monoisotopic (exact) mass is 379 g/mol. The fourth-order valence-electron chi connectivity index (χ4n) is 3.67. The minimum atomic E-state index is -0.333. The second kappa shape index (κ2) is 8.62. The fraction of sp³-hybridized carbons (Fsp3) is 0.667. The number of carbonyl (C=O) groups excluding carboxylic acids is 3. The second-order valence-electron chi connectivity index (χ2n) is 6.85. The van der Waals surface area contributed by atoms with Crippen molar-refractivity contribution in [2.45, 2.75) is 57.9 Å². The average molecular weight is 379 g/mol. The van der Waals surface area contributed by atoms with Gasteiger partial charge in [-0.25, -0.2) is 4.98 Å². The minimum Gasteiger partial charge on any atom is -0.466 e. The molecule has 1 aliphatic carbocycles. The number of likely N-dealkylation sites (tertiary alicyclic amines) is 1. The van der Waals surface area contributed by atoms with E-state index in [1.165, 1.54) is 17.8 Å². The third-order valence-electron chi connectivity index (χ3n) is 4.96. The van der Waals surface area contributed by atoms with Gasteiger partial charge < -0.3 is 15.0 Å². The van der Waals surface area contributed by atoms with Gasteiger partial charge in [0.25, 0.3) is 0 Å². The molecule has 1 N–H and O–H groups in total. The van der Waals surface area contributed by atoms with Crippen molar-refractivity contribution in [3.63, 3.8) is 0 Å². The van der Waals surface area contributed by atoms with Gasteiger partial charge in [0.05, 0.1) is 24.6 Å². The van der Waals surface area contributed by atoms with Crippen molar-refractivity contribution in [2.24, 2.45) is 5.92 Å². The van der Waals surface area contributed by atoms with E-state index in [-0.39, 0.29) is 36.5 Å². The Morgan fingerprint density at radius 2 is 2.12 bits per heavy atom. The standard InChI is InChI=1S/C18H25N3O4S/c1-2-25-16(23)9-13-11-26-18(19-13)20-17(24)12-8-15(22)21(10-12)14-6-4-3-5-7-14/h11-12,14H,2-10H2,1H3,(H,19,20,24). The third-order valence-corrected chi connectivity index (χ3v) is 5.76. The zero-order valence-electron chi connectivity index (χ0n) is 15.0. The van der Waals surface area contributed by atoms with Gasteiger partial charge in [-0.3, -0.25) is 14.4 Å². The Labute approximate surface area is 157 Å². The van der Waals surface area contributed by atoms with Crippen LogP contribution < -0.4 is 5.32 Å². The highest BCUT2D eigenvalue weighted by Crippen LogP contribution is 2.29. The molecule has 8 heteroatoms. The molecule has 3 rings (SSSR count). The SMILES string of the molecule is CCOC(=O)Cc1csc(NC(=O)C2CC(=O)N(C3CCCCC3)C2)n1. The summed E-state index contributed by atoms with van der Waals surface area (Å²) in [6, 6.07) is 0.296. The van der Waals surface area contributed by atoms with Crippen molar-refractivity contribution in [3.05, 3.63) is 11.1 Å². The Morgan fingerprint density at radius 1 is 1.35 bits per heavy atom. The van der Waals surface area contributed by atoms with Crippen LogP contribution in [0.4, 0.5) is 5.13 Å². The number of rotatable bonds is 6. The summed E-state index contributed by atoms with van der Waals surface area (Å²) in [5.74, 6) is -0.755. The van der Waals surface area contributed by atoms with Crippen molar-refractivity contribution >= 4 is 34.3 Å². The molecular weight excluding hydrogens is 354 g/mol. The smallest absolute Gasteiger partial charge is 0.311 e. The molecule has 2 fully saturated rings. The molecule has 1 unspecified atom stereocenters. The van der Waals surface area contributed by atoms with Crippen LogP contribution in [-0.4, -0.2) is 46.9 Å². The molecule has 1 aromatic rings. The Hall–Kier alpha value is -1.96. The molecule has 2 aliphatic rings. The molecule has 1 aliphatic heterocycles. The van der Waals surface area contributed by atoms with Gasteiger partial charge >= 0.3 is 5.97 Å². The lowest BCUT2D eigenvalue weighted by molar-refractivity contribution is -0.142. The quantitative estimate of drug-likeness (QED) is 0.767. The first-order valence-electron chi connectivity index (χ1n) is 9.27. The van der Waals surface area contributed by atoms with Crippen molar-refractivity contribution in [2.75, 3.05) is 18.5 Å². The van der Waals surface area contributed by atoms with Gasteiger partial charge in [0.15, 0.2) is 5.13 Å². The first kappa shape index (κ1) is 18.8. The normalized spacial score (nSPS) is 21.0. The summed E-state index contributed by atoms with van der Waals surface area (Å²) in [5.41, 5.74) is 0.579. The maximum absolute atomic E-state index is 12.5. The number of amides is 2. The van der Waals surface area contributed by atoms with Gasteiger partial charge in [-0.05, 0) is 19.8 Å². The van der Waals surface area contributed by atoms with Crippen LogP contribution in [0.3, 0.4) is 0 Å². The molecule has 7 nitrogen and oxygen atoms in total. The predicted octanol–water partition coefficient (Wildman–Crippen LogP) is 2.37.